The molecule has 17 heavy (non-hydrogen) atoms. The van der Waals surface area contributed by atoms with Crippen LogP contribution in [0.25, 0.3) is 0 Å². The highest BCUT2D eigenvalue weighted by Gasteiger charge is 2.37. The molecular formula is C15H22FN. The Labute approximate surface area is 103 Å². The maximum Gasteiger partial charge on any atom is 0.126 e. The van der Waals surface area contributed by atoms with Crippen molar-refractivity contribution >= 4 is 0 Å². The molecule has 0 spiro atoms. The van der Waals surface area contributed by atoms with Crippen LogP contribution in [0, 0.1) is 18.7 Å². The predicted molar refractivity (Wildman–Crippen MR) is 69.3 cm³/mol. The normalized spacial score (nSPS) is 29.3. The Bertz CT molecular complexity index is 402. The Morgan fingerprint density at radius 3 is 2.82 bits per heavy atom. The van der Waals surface area contributed by atoms with Crippen LogP contribution in [0.5, 0.6) is 0 Å². The van der Waals surface area contributed by atoms with Crippen LogP contribution in [-0.2, 0) is 5.54 Å². The summed E-state index contributed by atoms with van der Waals surface area (Å²) in [6.07, 6.45) is 5.79. The zero-order valence-electron chi connectivity index (χ0n) is 10.8. The summed E-state index contributed by atoms with van der Waals surface area (Å²) in [4.78, 5) is 0. The minimum Gasteiger partial charge on any atom is -0.321 e. The zero-order valence-corrected chi connectivity index (χ0v) is 10.8. The maximum absolute atomic E-state index is 13.3. The lowest BCUT2D eigenvalue weighted by Gasteiger charge is -2.41. The molecule has 2 unspecified atom stereocenters. The summed E-state index contributed by atoms with van der Waals surface area (Å²) < 4.78 is 13.3. The number of aryl methyl sites for hydroxylation is 1. The summed E-state index contributed by atoms with van der Waals surface area (Å²) >= 11 is 0. The Morgan fingerprint density at radius 1 is 1.41 bits per heavy atom. The van der Waals surface area contributed by atoms with Gasteiger partial charge in [0.25, 0.3) is 0 Å². The van der Waals surface area contributed by atoms with Gasteiger partial charge in [0.05, 0.1) is 0 Å². The van der Waals surface area contributed by atoms with E-state index in [-0.39, 0.29) is 11.4 Å². The molecule has 2 atom stereocenters. The molecule has 0 heterocycles. The van der Waals surface area contributed by atoms with E-state index in [0.717, 1.165) is 18.4 Å². The van der Waals surface area contributed by atoms with Gasteiger partial charge in [0, 0.05) is 5.54 Å². The van der Waals surface area contributed by atoms with E-state index in [1.165, 1.54) is 19.3 Å². The minimum absolute atomic E-state index is 0.138. The largest absolute Gasteiger partial charge is 0.321 e. The average molecular weight is 235 g/mol. The first-order chi connectivity index (χ1) is 8.08. The van der Waals surface area contributed by atoms with Crippen LogP contribution < -0.4 is 5.73 Å². The van der Waals surface area contributed by atoms with E-state index < -0.39 is 0 Å². The van der Waals surface area contributed by atoms with Gasteiger partial charge < -0.3 is 5.73 Å². The highest BCUT2D eigenvalue weighted by atomic mass is 19.1. The van der Waals surface area contributed by atoms with E-state index in [9.17, 15) is 4.39 Å². The van der Waals surface area contributed by atoms with Gasteiger partial charge in [-0.3, -0.25) is 0 Å². The molecule has 2 rings (SSSR count). The topological polar surface area (TPSA) is 26.0 Å². The van der Waals surface area contributed by atoms with E-state index in [0.29, 0.717) is 11.5 Å². The monoisotopic (exact) mass is 235 g/mol. The highest BCUT2D eigenvalue weighted by Crippen LogP contribution is 2.41. The number of halogens is 1. The molecule has 1 aromatic rings. The number of benzene rings is 1. The van der Waals surface area contributed by atoms with Crippen molar-refractivity contribution in [2.75, 3.05) is 0 Å². The second-order valence-electron chi connectivity index (χ2n) is 5.36. The van der Waals surface area contributed by atoms with Crippen molar-refractivity contribution < 1.29 is 4.39 Å². The van der Waals surface area contributed by atoms with Crippen molar-refractivity contribution in [3.8, 4) is 0 Å². The summed E-state index contributed by atoms with van der Waals surface area (Å²) in [5.74, 6) is 0.391. The number of hydrogen-bond acceptors (Lipinski definition) is 1. The van der Waals surface area contributed by atoms with Crippen molar-refractivity contribution in [1.82, 2.24) is 0 Å². The summed E-state index contributed by atoms with van der Waals surface area (Å²) in [5, 5.41) is 0. The van der Waals surface area contributed by atoms with E-state index in [1.54, 1.807) is 6.07 Å². The van der Waals surface area contributed by atoms with E-state index in [4.69, 9.17) is 5.73 Å². The third kappa shape index (κ3) is 2.23. The van der Waals surface area contributed by atoms with Gasteiger partial charge in [0.2, 0.25) is 0 Å². The highest BCUT2D eigenvalue weighted by molar-refractivity contribution is 5.31. The summed E-state index contributed by atoms with van der Waals surface area (Å²) in [7, 11) is 0. The lowest BCUT2D eigenvalue weighted by molar-refractivity contribution is 0.184. The maximum atomic E-state index is 13.3. The summed E-state index contributed by atoms with van der Waals surface area (Å²) in [6, 6.07) is 5.36. The van der Waals surface area contributed by atoms with Crippen LogP contribution in [0.15, 0.2) is 18.2 Å². The second-order valence-corrected chi connectivity index (χ2v) is 5.36. The molecule has 1 aliphatic carbocycles. The average Bonchev–Trinajstić information content (AvgIpc) is 2.33. The molecule has 1 nitrogen and oxygen atoms in total. The van der Waals surface area contributed by atoms with Gasteiger partial charge in [-0.05, 0) is 42.9 Å². The van der Waals surface area contributed by atoms with Crippen molar-refractivity contribution in [3.63, 3.8) is 0 Å². The van der Waals surface area contributed by atoms with Gasteiger partial charge >= 0.3 is 0 Å². The fourth-order valence-corrected chi connectivity index (χ4v) is 3.15. The van der Waals surface area contributed by atoms with Crippen LogP contribution in [0.1, 0.15) is 50.2 Å². The molecule has 2 N–H and O–H groups in total. The Balaban J connectivity index is 2.37. The third-order valence-corrected chi connectivity index (χ3v) is 4.31. The molecule has 1 fully saturated rings. The lowest BCUT2D eigenvalue weighted by Crippen LogP contribution is -2.46. The third-order valence-electron chi connectivity index (χ3n) is 4.31. The number of rotatable bonds is 2. The van der Waals surface area contributed by atoms with Crippen LogP contribution in [0.3, 0.4) is 0 Å². The van der Waals surface area contributed by atoms with Crippen molar-refractivity contribution in [1.29, 1.82) is 0 Å². The molecule has 0 saturated heterocycles. The Morgan fingerprint density at radius 2 is 2.18 bits per heavy atom. The molecule has 0 radical (unpaired) electrons. The summed E-state index contributed by atoms with van der Waals surface area (Å²) in [5.41, 5.74) is 8.20. The first-order valence-corrected chi connectivity index (χ1v) is 6.63. The number of nitrogens with two attached hydrogens (primary N) is 1. The first kappa shape index (κ1) is 12.6. The van der Waals surface area contributed by atoms with Crippen molar-refractivity contribution in [3.05, 3.63) is 35.1 Å². The standard InChI is InChI=1S/C15H22FN/c1-3-12-6-4-5-9-15(12,17)13-7-8-14(16)11(2)10-13/h7-8,10,12H,3-6,9,17H2,1-2H3. The van der Waals surface area contributed by atoms with Crippen molar-refractivity contribution in [2.24, 2.45) is 11.7 Å². The van der Waals surface area contributed by atoms with E-state index >= 15 is 0 Å². The van der Waals surface area contributed by atoms with Gasteiger partial charge in [0.1, 0.15) is 5.82 Å². The first-order valence-electron chi connectivity index (χ1n) is 6.63. The fourth-order valence-electron chi connectivity index (χ4n) is 3.15. The predicted octanol–water partition coefficient (Wildman–Crippen LogP) is 3.89. The van der Waals surface area contributed by atoms with Gasteiger partial charge in [-0.25, -0.2) is 4.39 Å². The second kappa shape index (κ2) is 4.77. The van der Waals surface area contributed by atoms with Crippen LogP contribution in [0.2, 0.25) is 0 Å². The van der Waals surface area contributed by atoms with Crippen molar-refractivity contribution in [2.45, 2.75) is 51.5 Å². The molecule has 2 heteroatoms. The fraction of sp³-hybridized carbons (Fsp3) is 0.600. The Kier molecular flexibility index (Phi) is 3.53. The molecule has 0 aromatic heterocycles. The molecule has 94 valence electrons. The molecule has 0 bridgehead atoms. The molecule has 1 aromatic carbocycles. The van der Waals surface area contributed by atoms with E-state index in [1.807, 2.05) is 19.1 Å². The van der Waals surface area contributed by atoms with Crippen LogP contribution in [-0.4, -0.2) is 0 Å². The van der Waals surface area contributed by atoms with E-state index in [2.05, 4.69) is 6.92 Å². The minimum atomic E-state index is -0.245. The van der Waals surface area contributed by atoms with Gasteiger partial charge in [-0.15, -0.1) is 0 Å². The lowest BCUT2D eigenvalue weighted by atomic mass is 9.68. The van der Waals surface area contributed by atoms with Crippen LogP contribution in [0.4, 0.5) is 4.39 Å². The summed E-state index contributed by atoms with van der Waals surface area (Å²) in [6.45, 7) is 4.01. The molecule has 1 saturated carbocycles. The quantitative estimate of drug-likeness (QED) is 0.827. The molecule has 0 amide bonds. The SMILES string of the molecule is CCC1CCCCC1(N)c1ccc(F)c(C)c1. The number of hydrogen-bond donors (Lipinski definition) is 1. The van der Waals surface area contributed by atoms with Gasteiger partial charge in [-0.1, -0.05) is 38.3 Å². The molecule has 0 aliphatic heterocycles. The smallest absolute Gasteiger partial charge is 0.126 e. The Hall–Kier alpha value is -0.890. The molecule has 1 aliphatic rings. The van der Waals surface area contributed by atoms with Crippen LogP contribution >= 0.6 is 0 Å². The van der Waals surface area contributed by atoms with Gasteiger partial charge in [-0.2, -0.15) is 0 Å². The van der Waals surface area contributed by atoms with Gasteiger partial charge in [0.15, 0.2) is 0 Å². The molecular weight excluding hydrogens is 213 g/mol. The zero-order chi connectivity index (χ0) is 12.5.